The predicted molar refractivity (Wildman–Crippen MR) is 114 cm³/mol. The maximum Gasteiger partial charge on any atom is 0.230 e. The number of nitrogens with zero attached hydrogens (tertiary/aromatic N) is 2. The fourth-order valence-corrected chi connectivity index (χ4v) is 4.35. The second-order valence-corrected chi connectivity index (χ2v) is 7.98. The van der Waals surface area contributed by atoms with Crippen LogP contribution in [0.2, 0.25) is 0 Å². The first kappa shape index (κ1) is 17.8. The molecule has 1 N–H and O–H groups in total. The van der Waals surface area contributed by atoms with Crippen LogP contribution < -0.4 is 5.32 Å². The number of aromatic nitrogens is 2. The number of carbonyl (C=O) groups is 1. The van der Waals surface area contributed by atoms with Crippen molar-refractivity contribution >= 4 is 39.7 Å². The Labute approximate surface area is 166 Å². The molecule has 0 radical (unpaired) electrons. The summed E-state index contributed by atoms with van der Waals surface area (Å²) in [5, 5.41) is 5.02. The topological polar surface area (TPSA) is 46.4 Å². The maximum absolute atomic E-state index is 12.6. The summed E-state index contributed by atoms with van der Waals surface area (Å²) in [4.78, 5) is 19.2. The Bertz CT molecular complexity index is 1100. The number of thioether (sulfide) groups is 1. The average molecular weight is 394 g/mol. The van der Waals surface area contributed by atoms with Gasteiger partial charge in [0.05, 0.1) is 17.8 Å². The molecule has 0 aliphatic rings. The number of hydrogen-bond acceptors (Lipinski definition) is 4. The van der Waals surface area contributed by atoms with E-state index in [2.05, 4.69) is 36.5 Å². The molecule has 2 aromatic heterocycles. The molecule has 0 spiro atoms. The van der Waals surface area contributed by atoms with E-state index in [9.17, 15) is 4.79 Å². The van der Waals surface area contributed by atoms with Crippen molar-refractivity contribution in [3.63, 3.8) is 0 Å². The second kappa shape index (κ2) is 7.58. The Balaban J connectivity index is 1.55. The highest BCUT2D eigenvalue weighted by atomic mass is 32.2. The van der Waals surface area contributed by atoms with Crippen LogP contribution in [0.15, 0.2) is 65.0 Å². The SMILES string of the molecule is CSc1ccccc1NC(=O)Cc1csc2nc(-c3ccc(C)cc3)cn12. The molecule has 4 rings (SSSR count). The first-order chi connectivity index (χ1) is 13.1. The molecule has 0 aliphatic carbocycles. The standard InChI is InChI=1S/C21H19N3OS2/c1-14-7-9-15(10-8-14)18-12-24-16(13-27-21(24)23-18)11-20(25)22-17-5-3-4-6-19(17)26-2/h3-10,12-13H,11H2,1-2H3,(H,22,25). The van der Waals surface area contributed by atoms with Gasteiger partial charge < -0.3 is 5.32 Å². The van der Waals surface area contributed by atoms with Crippen LogP contribution >= 0.6 is 23.1 Å². The van der Waals surface area contributed by atoms with Crippen molar-refractivity contribution in [3.05, 3.63) is 71.4 Å². The number of fused-ring (bicyclic) bond motifs is 1. The summed E-state index contributed by atoms with van der Waals surface area (Å²) in [6.45, 7) is 2.07. The number of amides is 1. The molecule has 0 bridgehead atoms. The Morgan fingerprint density at radius 3 is 2.74 bits per heavy atom. The lowest BCUT2D eigenvalue weighted by atomic mass is 10.1. The van der Waals surface area contributed by atoms with E-state index in [4.69, 9.17) is 4.98 Å². The zero-order valence-corrected chi connectivity index (χ0v) is 16.7. The third-order valence-electron chi connectivity index (χ3n) is 4.35. The third kappa shape index (κ3) is 3.77. The molecule has 0 aliphatic heterocycles. The first-order valence-electron chi connectivity index (χ1n) is 8.59. The van der Waals surface area contributed by atoms with E-state index in [-0.39, 0.29) is 5.91 Å². The highest BCUT2D eigenvalue weighted by Gasteiger charge is 2.13. The van der Waals surface area contributed by atoms with Gasteiger partial charge in [0.2, 0.25) is 5.91 Å². The fraction of sp³-hybridized carbons (Fsp3) is 0.143. The number of nitrogens with one attached hydrogen (secondary N) is 1. The lowest BCUT2D eigenvalue weighted by Gasteiger charge is -2.08. The van der Waals surface area contributed by atoms with Crippen molar-refractivity contribution in [2.24, 2.45) is 0 Å². The molecule has 0 saturated carbocycles. The van der Waals surface area contributed by atoms with Crippen LogP contribution in [0.4, 0.5) is 5.69 Å². The number of thiazole rings is 1. The van der Waals surface area contributed by atoms with E-state index in [1.165, 1.54) is 5.56 Å². The maximum atomic E-state index is 12.6. The van der Waals surface area contributed by atoms with Crippen LogP contribution in [0.1, 0.15) is 11.3 Å². The van der Waals surface area contributed by atoms with Gasteiger partial charge in [-0.1, -0.05) is 42.0 Å². The molecular weight excluding hydrogens is 374 g/mol. The first-order valence-corrected chi connectivity index (χ1v) is 10.7. The Kier molecular flexibility index (Phi) is 5.01. The normalized spacial score (nSPS) is 11.0. The largest absolute Gasteiger partial charge is 0.325 e. The molecule has 0 atom stereocenters. The number of rotatable bonds is 5. The van der Waals surface area contributed by atoms with E-state index in [1.54, 1.807) is 23.1 Å². The predicted octanol–water partition coefficient (Wildman–Crippen LogP) is 5.27. The van der Waals surface area contributed by atoms with Crippen LogP contribution in [0.25, 0.3) is 16.2 Å². The summed E-state index contributed by atoms with van der Waals surface area (Å²) >= 11 is 3.18. The molecule has 2 aromatic carbocycles. The number of hydrogen-bond donors (Lipinski definition) is 1. The van der Waals surface area contributed by atoms with Crippen molar-refractivity contribution in [2.45, 2.75) is 18.2 Å². The zero-order valence-electron chi connectivity index (χ0n) is 15.1. The van der Waals surface area contributed by atoms with Gasteiger partial charge in [-0.15, -0.1) is 23.1 Å². The van der Waals surface area contributed by atoms with E-state index in [1.807, 2.05) is 46.5 Å². The number of imidazole rings is 1. The molecule has 27 heavy (non-hydrogen) atoms. The van der Waals surface area contributed by atoms with Gasteiger partial charge in [-0.25, -0.2) is 4.98 Å². The van der Waals surface area contributed by atoms with Crippen LogP contribution in [0.5, 0.6) is 0 Å². The molecule has 6 heteroatoms. The Morgan fingerprint density at radius 1 is 1.19 bits per heavy atom. The smallest absolute Gasteiger partial charge is 0.230 e. The molecule has 2 heterocycles. The van der Waals surface area contributed by atoms with Crippen LogP contribution in [-0.4, -0.2) is 21.5 Å². The molecule has 0 saturated heterocycles. The van der Waals surface area contributed by atoms with Crippen LogP contribution in [0.3, 0.4) is 0 Å². The van der Waals surface area contributed by atoms with Crippen molar-refractivity contribution in [1.82, 2.24) is 9.38 Å². The average Bonchev–Trinajstić information content (AvgIpc) is 3.25. The minimum atomic E-state index is -0.0261. The zero-order chi connectivity index (χ0) is 18.8. The lowest BCUT2D eigenvalue weighted by molar-refractivity contribution is -0.115. The summed E-state index contributed by atoms with van der Waals surface area (Å²) in [6, 6.07) is 16.2. The highest BCUT2D eigenvalue weighted by Crippen LogP contribution is 2.26. The van der Waals surface area contributed by atoms with Crippen LogP contribution in [-0.2, 0) is 11.2 Å². The lowest BCUT2D eigenvalue weighted by Crippen LogP contribution is -2.15. The van der Waals surface area contributed by atoms with Gasteiger partial charge >= 0.3 is 0 Å². The Morgan fingerprint density at radius 2 is 1.96 bits per heavy atom. The van der Waals surface area contributed by atoms with Crippen molar-refractivity contribution in [1.29, 1.82) is 0 Å². The number of carbonyl (C=O) groups excluding carboxylic acids is 1. The van der Waals surface area contributed by atoms with Gasteiger partial charge in [-0.05, 0) is 25.3 Å². The summed E-state index contributed by atoms with van der Waals surface area (Å²) in [5.41, 5.74) is 5.03. The number of aryl methyl sites for hydroxylation is 1. The van der Waals surface area contributed by atoms with Gasteiger partial charge in [0.1, 0.15) is 0 Å². The monoisotopic (exact) mass is 393 g/mol. The van der Waals surface area contributed by atoms with Gasteiger partial charge in [0.15, 0.2) is 4.96 Å². The minimum Gasteiger partial charge on any atom is -0.325 e. The van der Waals surface area contributed by atoms with Crippen LogP contribution in [0, 0.1) is 6.92 Å². The quantitative estimate of drug-likeness (QED) is 0.470. The fourth-order valence-electron chi connectivity index (χ4n) is 2.93. The van der Waals surface area contributed by atoms with Gasteiger partial charge in [-0.2, -0.15) is 0 Å². The molecule has 4 aromatic rings. The number of benzene rings is 2. The minimum absolute atomic E-state index is 0.0261. The van der Waals surface area contributed by atoms with Crippen molar-refractivity contribution < 1.29 is 4.79 Å². The summed E-state index contributed by atoms with van der Waals surface area (Å²) in [5.74, 6) is -0.0261. The molecule has 136 valence electrons. The molecule has 0 unspecified atom stereocenters. The summed E-state index contributed by atoms with van der Waals surface area (Å²) in [7, 11) is 0. The molecule has 4 nitrogen and oxygen atoms in total. The van der Waals surface area contributed by atoms with Gasteiger partial charge in [-0.3, -0.25) is 9.20 Å². The Hall–Kier alpha value is -2.57. The summed E-state index contributed by atoms with van der Waals surface area (Å²) in [6.07, 6.45) is 4.33. The second-order valence-electron chi connectivity index (χ2n) is 6.30. The molecule has 1 amide bonds. The van der Waals surface area contributed by atoms with E-state index < -0.39 is 0 Å². The molecular formula is C21H19N3OS2. The summed E-state index contributed by atoms with van der Waals surface area (Å²) < 4.78 is 2.01. The number of para-hydroxylation sites is 1. The van der Waals surface area contributed by atoms with Gasteiger partial charge in [0, 0.05) is 27.7 Å². The van der Waals surface area contributed by atoms with E-state index >= 15 is 0 Å². The number of anilines is 1. The van der Waals surface area contributed by atoms with Gasteiger partial charge in [0.25, 0.3) is 0 Å². The highest BCUT2D eigenvalue weighted by molar-refractivity contribution is 7.98. The van der Waals surface area contributed by atoms with E-state index in [0.717, 1.165) is 32.5 Å². The molecule has 0 fully saturated rings. The van der Waals surface area contributed by atoms with Crippen molar-refractivity contribution in [2.75, 3.05) is 11.6 Å². The van der Waals surface area contributed by atoms with Crippen molar-refractivity contribution in [3.8, 4) is 11.3 Å². The third-order valence-corrected chi connectivity index (χ3v) is 6.04. The van der Waals surface area contributed by atoms with E-state index in [0.29, 0.717) is 6.42 Å².